The molecule has 228 valence electrons. The molecule has 0 aliphatic heterocycles. The second-order valence-electron chi connectivity index (χ2n) is 9.53. The fraction of sp³-hybridized carbons (Fsp3) is 0.414. The molecule has 3 aromatic rings. The monoisotopic (exact) mass is 599 g/mol. The number of ether oxygens (including phenoxy) is 1. The highest BCUT2D eigenvalue weighted by Crippen LogP contribution is 2.38. The first-order chi connectivity index (χ1) is 20.3. The van der Waals surface area contributed by atoms with Gasteiger partial charge in [0.25, 0.3) is 0 Å². The van der Waals surface area contributed by atoms with Crippen LogP contribution in [0.1, 0.15) is 18.9 Å². The molecule has 6 N–H and O–H groups in total. The Morgan fingerprint density at radius 1 is 0.952 bits per heavy atom. The highest BCUT2D eigenvalue weighted by Gasteiger charge is 2.18. The van der Waals surface area contributed by atoms with Crippen LogP contribution < -0.4 is 16.4 Å². The lowest BCUT2D eigenvalue weighted by atomic mass is 10.2. The van der Waals surface area contributed by atoms with Gasteiger partial charge in [-0.15, -0.1) is 5.11 Å². The van der Waals surface area contributed by atoms with E-state index in [0.717, 1.165) is 18.7 Å². The Morgan fingerprint density at radius 2 is 1.69 bits per heavy atom. The Morgan fingerprint density at radius 3 is 2.36 bits per heavy atom. The fourth-order valence-corrected chi connectivity index (χ4v) is 5.39. The second-order valence-corrected chi connectivity index (χ2v) is 11.6. The van der Waals surface area contributed by atoms with E-state index in [0.29, 0.717) is 60.5 Å². The summed E-state index contributed by atoms with van der Waals surface area (Å²) >= 11 is 0. The lowest BCUT2D eigenvalue weighted by Gasteiger charge is -2.20. The molecule has 42 heavy (non-hydrogen) atoms. The van der Waals surface area contributed by atoms with Crippen molar-refractivity contribution in [2.24, 2.45) is 10.2 Å². The molecule has 0 radical (unpaired) electrons. The van der Waals surface area contributed by atoms with Crippen molar-refractivity contribution in [1.29, 1.82) is 0 Å². The van der Waals surface area contributed by atoms with Crippen molar-refractivity contribution in [2.45, 2.75) is 25.2 Å². The zero-order valence-corrected chi connectivity index (χ0v) is 25.0. The number of pyridine rings is 1. The number of anilines is 4. The molecule has 0 fully saturated rings. The van der Waals surface area contributed by atoms with Crippen LogP contribution in [0.15, 0.2) is 69.7 Å². The van der Waals surface area contributed by atoms with Gasteiger partial charge < -0.3 is 36.2 Å². The molecule has 0 spiro atoms. The maximum absolute atomic E-state index is 12.9. The zero-order chi connectivity index (χ0) is 30.4. The first kappa shape index (κ1) is 32.9. The Hall–Kier alpha value is -3.62. The summed E-state index contributed by atoms with van der Waals surface area (Å²) in [4.78, 5) is 6.80. The number of benzene rings is 2. The molecule has 0 amide bonds. The molecule has 0 atom stereocenters. The average molecular weight is 600 g/mol. The van der Waals surface area contributed by atoms with Crippen LogP contribution in [0.2, 0.25) is 0 Å². The highest BCUT2D eigenvalue weighted by atomic mass is 32.2. The van der Waals surface area contributed by atoms with Crippen molar-refractivity contribution in [3.8, 4) is 0 Å². The lowest BCUT2D eigenvalue weighted by molar-refractivity contribution is 0.0992. The van der Waals surface area contributed by atoms with E-state index in [4.69, 9.17) is 15.6 Å². The number of sulfone groups is 1. The van der Waals surface area contributed by atoms with Gasteiger partial charge in [0.05, 0.1) is 48.5 Å². The third-order valence-electron chi connectivity index (χ3n) is 6.37. The largest absolute Gasteiger partial charge is 0.395 e. The number of hydrogen-bond acceptors (Lipinski definition) is 12. The van der Waals surface area contributed by atoms with Crippen LogP contribution in [0.4, 0.5) is 34.4 Å². The highest BCUT2D eigenvalue weighted by molar-refractivity contribution is 7.91. The number of nitrogens with zero attached hydrogens (tertiary/aromatic N) is 4. The van der Waals surface area contributed by atoms with Crippen molar-refractivity contribution in [3.05, 3.63) is 60.2 Å². The van der Waals surface area contributed by atoms with Gasteiger partial charge in [0.1, 0.15) is 5.69 Å². The molecule has 3 rings (SSSR count). The molecular weight excluding hydrogens is 558 g/mol. The van der Waals surface area contributed by atoms with Crippen molar-refractivity contribution in [3.63, 3.8) is 0 Å². The number of aromatic nitrogens is 1. The summed E-state index contributed by atoms with van der Waals surface area (Å²) < 4.78 is 31.1. The van der Waals surface area contributed by atoms with Crippen molar-refractivity contribution in [1.82, 2.24) is 9.88 Å². The van der Waals surface area contributed by atoms with Crippen LogP contribution in [0.3, 0.4) is 0 Å². The minimum atomic E-state index is -3.51. The first-order valence-corrected chi connectivity index (χ1v) is 15.6. The molecule has 0 saturated heterocycles. The minimum absolute atomic E-state index is 0.0113. The number of aliphatic hydroxyl groups excluding tert-OH is 2. The topological polar surface area (TPSA) is 175 Å². The molecule has 13 heteroatoms. The van der Waals surface area contributed by atoms with Crippen LogP contribution in [0.25, 0.3) is 0 Å². The molecule has 12 nitrogen and oxygen atoms in total. The molecule has 0 unspecified atom stereocenters. The predicted octanol–water partition coefficient (Wildman–Crippen LogP) is 4.03. The Labute approximate surface area is 247 Å². The number of aliphatic hydroxyl groups is 2. The van der Waals surface area contributed by atoms with Crippen LogP contribution in [-0.2, 0) is 14.6 Å². The molecule has 1 aromatic heterocycles. The van der Waals surface area contributed by atoms with E-state index in [1.807, 2.05) is 49.1 Å². The minimum Gasteiger partial charge on any atom is -0.395 e. The van der Waals surface area contributed by atoms with Gasteiger partial charge in [-0.2, -0.15) is 5.11 Å². The van der Waals surface area contributed by atoms with E-state index in [9.17, 15) is 13.5 Å². The van der Waals surface area contributed by atoms with Gasteiger partial charge in [0.15, 0.2) is 21.5 Å². The van der Waals surface area contributed by atoms with Gasteiger partial charge in [-0.1, -0.05) is 25.1 Å². The third kappa shape index (κ3) is 9.74. The van der Waals surface area contributed by atoms with Crippen LogP contribution in [0.5, 0.6) is 0 Å². The summed E-state index contributed by atoms with van der Waals surface area (Å²) in [6.45, 7) is 6.36. The Balaban J connectivity index is 1.81. The number of azo groups is 1. The number of nitrogens with two attached hydrogens (primary N) is 1. The van der Waals surface area contributed by atoms with E-state index < -0.39 is 9.84 Å². The molecule has 2 aromatic carbocycles. The number of nitrogens with one attached hydrogen (secondary N) is 2. The van der Waals surface area contributed by atoms with Gasteiger partial charge in [0, 0.05) is 30.9 Å². The summed E-state index contributed by atoms with van der Waals surface area (Å²) in [7, 11) is -3.51. The Bertz CT molecular complexity index is 1380. The van der Waals surface area contributed by atoms with Crippen molar-refractivity contribution < 1.29 is 23.4 Å². The maximum Gasteiger partial charge on any atom is 0.179 e. The summed E-state index contributed by atoms with van der Waals surface area (Å²) in [5.74, 6) is 0.859. The summed E-state index contributed by atoms with van der Waals surface area (Å²) in [6.07, 6.45) is 0.878. The van der Waals surface area contributed by atoms with Crippen LogP contribution >= 0.6 is 0 Å². The van der Waals surface area contributed by atoms with Gasteiger partial charge in [-0.3, -0.25) is 0 Å². The van der Waals surface area contributed by atoms with E-state index in [1.54, 1.807) is 12.1 Å². The average Bonchev–Trinajstić information content (AvgIpc) is 2.99. The van der Waals surface area contributed by atoms with Crippen LogP contribution in [-0.4, -0.2) is 86.9 Å². The van der Waals surface area contributed by atoms with Gasteiger partial charge in [-0.25, -0.2) is 13.4 Å². The van der Waals surface area contributed by atoms with Crippen LogP contribution in [0, 0.1) is 6.92 Å². The Kier molecular flexibility index (Phi) is 13.1. The maximum atomic E-state index is 12.9. The molecule has 1 heterocycles. The second kappa shape index (κ2) is 16.7. The third-order valence-corrected chi connectivity index (χ3v) is 8.08. The molecule has 0 aliphatic rings. The fourth-order valence-electron chi connectivity index (χ4n) is 4.11. The summed E-state index contributed by atoms with van der Waals surface area (Å²) in [5.41, 5.74) is 9.16. The first-order valence-electron chi connectivity index (χ1n) is 13.9. The SMILES string of the molecule is CCCN(CCO)CCS(=O)(=O)c1ccc(/N=N/c2c(Nc3ccccc3)nc(NCCOCCO)c(N)c2C)cc1. The predicted molar refractivity (Wildman–Crippen MR) is 166 cm³/mol. The molecular formula is C29H41N7O5S. The molecule has 0 bridgehead atoms. The van der Waals surface area contributed by atoms with E-state index in [-0.39, 0.29) is 30.5 Å². The lowest BCUT2D eigenvalue weighted by Crippen LogP contribution is -2.32. The van der Waals surface area contributed by atoms with Crippen molar-refractivity contribution >= 4 is 44.2 Å². The normalized spacial score (nSPS) is 11.8. The number of rotatable bonds is 18. The number of para-hydroxylation sites is 1. The summed E-state index contributed by atoms with van der Waals surface area (Å²) in [6, 6.07) is 15.8. The van der Waals surface area contributed by atoms with Gasteiger partial charge in [-0.05, 0) is 56.3 Å². The number of nitrogen functional groups attached to an aromatic ring is 1. The smallest absolute Gasteiger partial charge is 0.179 e. The van der Waals surface area contributed by atoms with E-state index in [2.05, 4.69) is 25.8 Å². The number of hydrogen-bond donors (Lipinski definition) is 5. The van der Waals surface area contributed by atoms with E-state index in [1.165, 1.54) is 12.1 Å². The molecule has 0 aliphatic carbocycles. The van der Waals surface area contributed by atoms with Gasteiger partial charge >= 0.3 is 0 Å². The summed E-state index contributed by atoms with van der Waals surface area (Å²) in [5, 5.41) is 33.3. The quantitative estimate of drug-likeness (QED) is 0.106. The zero-order valence-electron chi connectivity index (χ0n) is 24.2. The van der Waals surface area contributed by atoms with Crippen molar-refractivity contribution in [2.75, 3.05) is 74.7 Å². The standard InChI is InChI=1S/C29H41N7O5S/c1-3-14-36(15-17-37)16-21-42(39,40)25-11-9-24(10-12-25)34-35-27-22(2)26(30)28(31-13-19-41-20-18-38)33-29(27)32-23-7-5-4-6-8-23/h4-12,37-38H,3,13-21,30H2,1-2H3,(H2,31,32,33)/b35-34+. The van der Waals surface area contributed by atoms with E-state index >= 15 is 0 Å². The van der Waals surface area contributed by atoms with Gasteiger partial charge in [0.2, 0.25) is 0 Å². The molecule has 0 saturated carbocycles.